The van der Waals surface area contributed by atoms with Crippen LogP contribution in [-0.4, -0.2) is 76.8 Å². The van der Waals surface area contributed by atoms with Gasteiger partial charge in [-0.2, -0.15) is 0 Å². The maximum atomic E-state index is 13.4. The minimum absolute atomic E-state index is 0.104. The highest BCUT2D eigenvalue weighted by molar-refractivity contribution is 5.96. The third kappa shape index (κ3) is 3.73. The van der Waals surface area contributed by atoms with Gasteiger partial charge >= 0.3 is 5.97 Å². The molecule has 0 aromatic heterocycles. The van der Waals surface area contributed by atoms with Crippen molar-refractivity contribution in [2.45, 2.75) is 95.6 Å². The zero-order valence-corrected chi connectivity index (χ0v) is 20.5. The Morgan fingerprint density at radius 3 is 2.40 bits per heavy atom. The van der Waals surface area contributed by atoms with E-state index in [1.807, 2.05) is 6.92 Å². The van der Waals surface area contributed by atoms with Crippen molar-refractivity contribution in [2.24, 2.45) is 28.6 Å². The summed E-state index contributed by atoms with van der Waals surface area (Å²) in [5.74, 6) is -0.278. The molecule has 0 bridgehead atoms. The lowest BCUT2D eigenvalue weighted by Crippen LogP contribution is -2.61. The molecule has 3 unspecified atom stereocenters. The fourth-order valence-corrected chi connectivity index (χ4v) is 7.72. The minimum atomic E-state index is -1.64. The molecular weight excluding hydrogens is 456 g/mol. The van der Waals surface area contributed by atoms with Gasteiger partial charge < -0.3 is 29.5 Å². The van der Waals surface area contributed by atoms with Crippen LogP contribution in [0.15, 0.2) is 11.6 Å². The molecule has 0 radical (unpaired) electrons. The molecule has 1 heterocycles. The number of hydrogen-bond acceptors (Lipinski definition) is 9. The first-order chi connectivity index (χ1) is 16.5. The first kappa shape index (κ1) is 25.0. The Bertz CT molecular complexity index is 945. The summed E-state index contributed by atoms with van der Waals surface area (Å²) in [6, 6.07) is 0. The molecule has 4 aliphatic carbocycles. The monoisotopic (exact) mass is 492 g/mol. The molecule has 11 atom stereocenters. The van der Waals surface area contributed by atoms with Gasteiger partial charge in [-0.15, -0.1) is 0 Å². The molecule has 0 aromatic rings. The van der Waals surface area contributed by atoms with Gasteiger partial charge in [0, 0.05) is 17.8 Å². The number of esters is 1. The number of allylic oxidation sites excluding steroid dienone is 1. The molecule has 3 saturated carbocycles. The first-order valence-electron chi connectivity index (χ1n) is 12.7. The normalized spacial score (nSPS) is 49.5. The minimum Gasteiger partial charge on any atom is -0.467 e. The van der Waals surface area contributed by atoms with Crippen molar-refractivity contribution in [3.63, 3.8) is 0 Å². The van der Waals surface area contributed by atoms with Gasteiger partial charge in [-0.1, -0.05) is 19.4 Å². The van der Waals surface area contributed by atoms with Gasteiger partial charge in [-0.3, -0.25) is 9.59 Å². The van der Waals surface area contributed by atoms with Crippen molar-refractivity contribution < 1.29 is 43.9 Å². The molecule has 35 heavy (non-hydrogen) atoms. The maximum Gasteiger partial charge on any atom is 0.337 e. The van der Waals surface area contributed by atoms with Gasteiger partial charge in [0.25, 0.3) is 0 Å². The molecule has 1 saturated heterocycles. The second kappa shape index (κ2) is 8.73. The summed E-state index contributed by atoms with van der Waals surface area (Å²) in [7, 11) is 1.14. The third-order valence-electron chi connectivity index (χ3n) is 9.94. The number of carbonyl (C=O) groups is 3. The second-order valence-corrected chi connectivity index (χ2v) is 11.6. The highest BCUT2D eigenvalue weighted by atomic mass is 16.7. The van der Waals surface area contributed by atoms with E-state index in [1.165, 1.54) is 0 Å². The van der Waals surface area contributed by atoms with E-state index < -0.39 is 36.7 Å². The summed E-state index contributed by atoms with van der Waals surface area (Å²) in [5.41, 5.74) is 0.472. The van der Waals surface area contributed by atoms with Gasteiger partial charge in [0.2, 0.25) is 0 Å². The highest BCUT2D eigenvalue weighted by Crippen LogP contribution is 2.63. The summed E-state index contributed by atoms with van der Waals surface area (Å²) < 4.78 is 16.1. The average molecular weight is 493 g/mol. The van der Waals surface area contributed by atoms with Gasteiger partial charge in [-0.05, 0) is 61.9 Å². The lowest BCUT2D eigenvalue weighted by Gasteiger charge is -2.56. The smallest absolute Gasteiger partial charge is 0.337 e. The van der Waals surface area contributed by atoms with Crippen molar-refractivity contribution in [3.8, 4) is 0 Å². The standard InChI is InChI=1S/C26H36O9/c1-25-8-6-13(34-24-21(31)19(29)20(30)22(35-24)23(32)33-3)10-12(25)11-16(27)18-14-4-5-17(28)26(14,2)9-7-15(18)25/h11,13-15,18-22,24,29-31H,4-10H2,1-3H3/t13-,14?,15?,18?,19+,20+,21-,22+,24-,25+,26+/m1/s1. The van der Waals surface area contributed by atoms with Gasteiger partial charge in [0.15, 0.2) is 18.2 Å². The van der Waals surface area contributed by atoms with Crippen LogP contribution in [0.2, 0.25) is 0 Å². The largest absolute Gasteiger partial charge is 0.467 e. The van der Waals surface area contributed by atoms with E-state index in [4.69, 9.17) is 9.47 Å². The quantitative estimate of drug-likeness (QED) is 0.494. The molecule has 1 aliphatic heterocycles. The molecule has 5 aliphatic rings. The molecule has 0 spiro atoms. The second-order valence-electron chi connectivity index (χ2n) is 11.6. The number of methoxy groups -OCH3 is 1. The summed E-state index contributed by atoms with van der Waals surface area (Å²) in [6.45, 7) is 4.27. The van der Waals surface area contributed by atoms with Crippen molar-refractivity contribution in [1.29, 1.82) is 0 Å². The fraction of sp³-hybridized carbons (Fsp3) is 0.808. The van der Waals surface area contributed by atoms with Crippen LogP contribution >= 0.6 is 0 Å². The van der Waals surface area contributed by atoms with E-state index in [0.717, 1.165) is 38.4 Å². The number of fused-ring (bicyclic) bond motifs is 5. The van der Waals surface area contributed by atoms with Gasteiger partial charge in [0.05, 0.1) is 13.2 Å². The van der Waals surface area contributed by atoms with Crippen LogP contribution in [-0.2, 0) is 28.6 Å². The molecule has 0 aromatic carbocycles. The number of Topliss-reactive ketones (excluding diaryl/α,β-unsaturated/α-hetero) is 1. The molecule has 194 valence electrons. The van der Waals surface area contributed by atoms with Crippen molar-refractivity contribution in [2.75, 3.05) is 7.11 Å². The van der Waals surface area contributed by atoms with Crippen LogP contribution in [0.25, 0.3) is 0 Å². The molecular formula is C26H36O9. The first-order valence-corrected chi connectivity index (χ1v) is 12.7. The summed E-state index contributed by atoms with van der Waals surface area (Å²) in [5, 5.41) is 30.7. The Kier molecular flexibility index (Phi) is 6.24. The van der Waals surface area contributed by atoms with Crippen molar-refractivity contribution in [3.05, 3.63) is 11.6 Å². The fourth-order valence-electron chi connectivity index (χ4n) is 7.72. The number of rotatable bonds is 3. The van der Waals surface area contributed by atoms with Crippen LogP contribution in [0.3, 0.4) is 0 Å². The molecule has 5 rings (SSSR count). The van der Waals surface area contributed by atoms with E-state index in [1.54, 1.807) is 6.08 Å². The Labute approximate surface area is 204 Å². The SMILES string of the molecule is COC(=O)[C@H]1O[C@@H](O[C@@H]2CC[C@@]3(C)C(=CC(=O)C4C3CC[C@]3(C)C(=O)CCC43)C2)[C@H](O)[C@@H](O)[C@@H]1O. The van der Waals surface area contributed by atoms with E-state index in [-0.39, 0.29) is 40.5 Å². The Morgan fingerprint density at radius 1 is 1.00 bits per heavy atom. The van der Waals surface area contributed by atoms with Crippen LogP contribution in [0.5, 0.6) is 0 Å². The summed E-state index contributed by atoms with van der Waals surface area (Å²) in [4.78, 5) is 38.0. The lowest BCUT2D eigenvalue weighted by molar-refractivity contribution is -0.306. The highest BCUT2D eigenvalue weighted by Gasteiger charge is 2.61. The topological polar surface area (TPSA) is 140 Å². The predicted molar refractivity (Wildman–Crippen MR) is 121 cm³/mol. The Hall–Kier alpha value is -1.65. The van der Waals surface area contributed by atoms with Crippen molar-refractivity contribution >= 4 is 17.5 Å². The van der Waals surface area contributed by atoms with Crippen LogP contribution in [0, 0.1) is 28.6 Å². The molecule has 4 fully saturated rings. The van der Waals surface area contributed by atoms with Gasteiger partial charge in [-0.25, -0.2) is 4.79 Å². The van der Waals surface area contributed by atoms with E-state index in [2.05, 4.69) is 11.7 Å². The molecule has 3 N–H and O–H groups in total. The maximum absolute atomic E-state index is 13.4. The number of hydrogen-bond donors (Lipinski definition) is 3. The average Bonchev–Trinajstić information content (AvgIpc) is 3.14. The number of aliphatic hydroxyl groups excluding tert-OH is 3. The van der Waals surface area contributed by atoms with Crippen molar-refractivity contribution in [1.82, 2.24) is 0 Å². The number of ketones is 2. The van der Waals surface area contributed by atoms with Crippen LogP contribution in [0.1, 0.15) is 58.8 Å². The summed E-state index contributed by atoms with van der Waals surface area (Å²) >= 11 is 0. The Balaban J connectivity index is 1.33. The number of ether oxygens (including phenoxy) is 3. The number of aliphatic hydroxyl groups is 3. The zero-order valence-electron chi connectivity index (χ0n) is 20.5. The number of carbonyl (C=O) groups excluding carboxylic acids is 3. The van der Waals surface area contributed by atoms with E-state index >= 15 is 0 Å². The molecule has 0 amide bonds. The van der Waals surface area contributed by atoms with E-state index in [0.29, 0.717) is 25.0 Å². The Morgan fingerprint density at radius 2 is 1.69 bits per heavy atom. The lowest BCUT2D eigenvalue weighted by atomic mass is 9.48. The third-order valence-corrected chi connectivity index (χ3v) is 9.94. The van der Waals surface area contributed by atoms with Crippen LogP contribution in [0.4, 0.5) is 0 Å². The zero-order chi connectivity index (χ0) is 25.3. The van der Waals surface area contributed by atoms with Crippen LogP contribution < -0.4 is 0 Å². The summed E-state index contributed by atoms with van der Waals surface area (Å²) in [6.07, 6.45) is -1.28. The molecule has 9 nitrogen and oxygen atoms in total. The predicted octanol–water partition coefficient (Wildman–Crippen LogP) is 1.06. The molecule has 9 heteroatoms. The van der Waals surface area contributed by atoms with E-state index in [9.17, 15) is 29.7 Å². The van der Waals surface area contributed by atoms with Gasteiger partial charge in [0.1, 0.15) is 24.1 Å².